The van der Waals surface area contributed by atoms with E-state index in [1.165, 1.54) is 83.1 Å². The van der Waals surface area contributed by atoms with Crippen molar-refractivity contribution in [3.63, 3.8) is 0 Å². The Balaban J connectivity index is 1.05. The number of nitrogens with zero attached hydrogens (tertiary/aromatic N) is 1. The lowest BCUT2D eigenvalue weighted by atomic mass is 9.95. The van der Waals surface area contributed by atoms with Gasteiger partial charge in [-0.15, -0.1) is 0 Å². The van der Waals surface area contributed by atoms with Crippen LogP contribution in [0.3, 0.4) is 0 Å². The summed E-state index contributed by atoms with van der Waals surface area (Å²) in [6, 6.07) is 59.9. The average molecular weight is 560 g/mol. The van der Waals surface area contributed by atoms with Crippen molar-refractivity contribution in [3.05, 3.63) is 175 Å². The van der Waals surface area contributed by atoms with Crippen LogP contribution < -0.4 is 0 Å². The van der Waals surface area contributed by atoms with Crippen LogP contribution in [0.1, 0.15) is 11.1 Å². The Morgan fingerprint density at radius 1 is 0.341 bits per heavy atom. The molecular weight excluding hydrogens is 530 g/mol. The second-order valence-electron chi connectivity index (χ2n) is 11.8. The van der Waals surface area contributed by atoms with Crippen molar-refractivity contribution in [1.29, 1.82) is 0 Å². The topological polar surface area (TPSA) is 4.93 Å². The van der Waals surface area contributed by atoms with E-state index in [1.54, 1.807) is 0 Å². The molecule has 0 radical (unpaired) electrons. The Morgan fingerprint density at radius 2 is 0.750 bits per heavy atom. The maximum atomic E-state index is 2.39. The molecule has 1 heterocycles. The van der Waals surface area contributed by atoms with Gasteiger partial charge in [-0.3, -0.25) is 0 Å². The maximum Gasteiger partial charge on any atom is 0.0541 e. The number of para-hydroxylation sites is 2. The fraction of sp³-hybridized carbons (Fsp3) is 0.0233. The van der Waals surface area contributed by atoms with Gasteiger partial charge in [0.05, 0.1) is 11.0 Å². The minimum Gasteiger partial charge on any atom is -0.309 e. The SMILES string of the molecule is c1ccc(-c2ccc(-c3ccc4c(c3)-c3cc(-c5ccc(-n6c7ccccc7c7ccccc76)cc5)ccc3C4)cc2)cc1. The van der Waals surface area contributed by atoms with Crippen LogP contribution in [0.2, 0.25) is 0 Å². The van der Waals surface area contributed by atoms with Crippen molar-refractivity contribution in [2.45, 2.75) is 6.42 Å². The summed E-state index contributed by atoms with van der Waals surface area (Å²) in [4.78, 5) is 0. The number of benzene rings is 7. The standard InChI is InChI=1S/C43H29N/c1-2-8-29(9-3-1)30-14-16-31(17-15-30)33-18-20-35-26-36-21-19-34(28-41(36)40(35)27-33)32-22-24-37(25-23-32)44-42-12-6-4-10-38(42)39-11-5-7-13-43(39)44/h1-25,27-28H,26H2. The highest BCUT2D eigenvalue weighted by atomic mass is 15.0. The molecule has 0 aliphatic heterocycles. The van der Waals surface area contributed by atoms with Crippen LogP contribution in [-0.2, 0) is 6.42 Å². The summed E-state index contributed by atoms with van der Waals surface area (Å²) >= 11 is 0. The number of aromatic nitrogens is 1. The third-order valence-electron chi connectivity index (χ3n) is 9.26. The van der Waals surface area contributed by atoms with Crippen LogP contribution in [0.25, 0.3) is 72.0 Å². The zero-order valence-corrected chi connectivity index (χ0v) is 24.2. The van der Waals surface area contributed by atoms with E-state index in [2.05, 4.69) is 168 Å². The molecule has 0 unspecified atom stereocenters. The normalized spacial score (nSPS) is 12.0. The minimum absolute atomic E-state index is 0.991. The van der Waals surface area contributed by atoms with Gasteiger partial charge in [-0.25, -0.2) is 0 Å². The van der Waals surface area contributed by atoms with Crippen LogP contribution >= 0.6 is 0 Å². The summed E-state index contributed by atoms with van der Waals surface area (Å²) in [5.41, 5.74) is 16.7. The van der Waals surface area contributed by atoms with E-state index in [0.29, 0.717) is 0 Å². The fourth-order valence-corrected chi connectivity index (χ4v) is 7.02. The molecule has 0 fully saturated rings. The molecule has 7 aromatic carbocycles. The van der Waals surface area contributed by atoms with E-state index < -0.39 is 0 Å². The van der Waals surface area contributed by atoms with E-state index in [-0.39, 0.29) is 0 Å². The van der Waals surface area contributed by atoms with Crippen molar-refractivity contribution >= 4 is 21.8 Å². The minimum atomic E-state index is 0.991. The zero-order valence-electron chi connectivity index (χ0n) is 24.2. The first-order valence-corrected chi connectivity index (χ1v) is 15.3. The summed E-state index contributed by atoms with van der Waals surface area (Å²) in [5, 5.41) is 2.58. The van der Waals surface area contributed by atoms with Gasteiger partial charge in [-0.1, -0.05) is 127 Å². The lowest BCUT2D eigenvalue weighted by Gasteiger charge is -2.11. The highest BCUT2D eigenvalue weighted by molar-refractivity contribution is 6.09. The van der Waals surface area contributed by atoms with Crippen molar-refractivity contribution in [2.24, 2.45) is 0 Å². The Labute approximate surface area is 257 Å². The Bertz CT molecular complexity index is 2270. The second kappa shape index (κ2) is 9.97. The Kier molecular flexibility index (Phi) is 5.64. The number of rotatable bonds is 4. The first-order valence-electron chi connectivity index (χ1n) is 15.3. The molecule has 9 rings (SSSR count). The molecule has 0 amide bonds. The molecular formula is C43H29N. The molecule has 1 aromatic heterocycles. The van der Waals surface area contributed by atoms with E-state index in [9.17, 15) is 0 Å². The van der Waals surface area contributed by atoms with Gasteiger partial charge < -0.3 is 4.57 Å². The van der Waals surface area contributed by atoms with E-state index in [4.69, 9.17) is 0 Å². The smallest absolute Gasteiger partial charge is 0.0541 e. The van der Waals surface area contributed by atoms with Crippen LogP contribution in [0.5, 0.6) is 0 Å². The molecule has 8 aromatic rings. The summed E-state index contributed by atoms with van der Waals surface area (Å²) < 4.78 is 2.38. The van der Waals surface area contributed by atoms with Crippen LogP contribution in [0.15, 0.2) is 164 Å². The van der Waals surface area contributed by atoms with Crippen LogP contribution in [0, 0.1) is 0 Å². The maximum absolute atomic E-state index is 2.39. The van der Waals surface area contributed by atoms with Crippen molar-refractivity contribution < 1.29 is 0 Å². The molecule has 0 saturated heterocycles. The molecule has 1 heteroatoms. The first-order chi connectivity index (χ1) is 21.8. The van der Waals surface area contributed by atoms with Gasteiger partial charge >= 0.3 is 0 Å². The van der Waals surface area contributed by atoms with Gasteiger partial charge in [0.2, 0.25) is 0 Å². The molecule has 206 valence electrons. The number of hydrogen-bond acceptors (Lipinski definition) is 0. The molecule has 0 saturated carbocycles. The Hall–Kier alpha value is -5.66. The van der Waals surface area contributed by atoms with Gasteiger partial charge in [-0.2, -0.15) is 0 Å². The molecule has 0 spiro atoms. The monoisotopic (exact) mass is 559 g/mol. The van der Waals surface area contributed by atoms with E-state index in [0.717, 1.165) is 6.42 Å². The second-order valence-corrected chi connectivity index (χ2v) is 11.8. The molecule has 0 N–H and O–H groups in total. The predicted molar refractivity (Wildman–Crippen MR) is 185 cm³/mol. The summed E-state index contributed by atoms with van der Waals surface area (Å²) in [7, 11) is 0. The van der Waals surface area contributed by atoms with Crippen molar-refractivity contribution in [1.82, 2.24) is 4.57 Å². The van der Waals surface area contributed by atoms with Gasteiger partial charge in [0.25, 0.3) is 0 Å². The largest absolute Gasteiger partial charge is 0.309 e. The van der Waals surface area contributed by atoms with Gasteiger partial charge in [0.1, 0.15) is 0 Å². The lowest BCUT2D eigenvalue weighted by Crippen LogP contribution is -1.93. The molecule has 0 atom stereocenters. The Morgan fingerprint density at radius 3 is 1.30 bits per heavy atom. The van der Waals surface area contributed by atoms with E-state index >= 15 is 0 Å². The number of fused-ring (bicyclic) bond motifs is 6. The molecule has 44 heavy (non-hydrogen) atoms. The number of hydrogen-bond donors (Lipinski definition) is 0. The summed E-state index contributed by atoms with van der Waals surface area (Å²) in [6.07, 6.45) is 0.991. The van der Waals surface area contributed by atoms with Gasteiger partial charge in [0, 0.05) is 16.5 Å². The molecule has 0 bridgehead atoms. The lowest BCUT2D eigenvalue weighted by molar-refractivity contribution is 1.18. The van der Waals surface area contributed by atoms with Gasteiger partial charge in [-0.05, 0) is 98.5 Å². The van der Waals surface area contributed by atoms with Gasteiger partial charge in [0.15, 0.2) is 0 Å². The van der Waals surface area contributed by atoms with Crippen molar-refractivity contribution in [2.75, 3.05) is 0 Å². The highest BCUT2D eigenvalue weighted by Gasteiger charge is 2.20. The summed E-state index contributed by atoms with van der Waals surface area (Å²) in [5.74, 6) is 0. The quantitative estimate of drug-likeness (QED) is 0.202. The molecule has 1 aliphatic rings. The van der Waals surface area contributed by atoms with Crippen LogP contribution in [0.4, 0.5) is 0 Å². The van der Waals surface area contributed by atoms with Crippen LogP contribution in [-0.4, -0.2) is 4.57 Å². The zero-order chi connectivity index (χ0) is 29.0. The van der Waals surface area contributed by atoms with E-state index in [1.807, 2.05) is 0 Å². The third kappa shape index (κ3) is 4.01. The average Bonchev–Trinajstić information content (AvgIpc) is 3.64. The third-order valence-corrected chi connectivity index (χ3v) is 9.26. The fourth-order valence-electron chi connectivity index (χ4n) is 7.02. The highest BCUT2D eigenvalue weighted by Crippen LogP contribution is 2.41. The summed E-state index contributed by atoms with van der Waals surface area (Å²) in [6.45, 7) is 0. The van der Waals surface area contributed by atoms with Crippen molar-refractivity contribution in [3.8, 4) is 50.2 Å². The predicted octanol–water partition coefficient (Wildman–Crippen LogP) is 11.4. The molecule has 1 nitrogen and oxygen atoms in total. The first kappa shape index (κ1) is 24.9. The molecule has 1 aliphatic carbocycles.